The summed E-state index contributed by atoms with van der Waals surface area (Å²) < 4.78 is 5.98. The van der Waals surface area contributed by atoms with Crippen LogP contribution in [0.1, 0.15) is 12.1 Å². The van der Waals surface area contributed by atoms with Gasteiger partial charge in [-0.25, -0.2) is 9.78 Å². The van der Waals surface area contributed by atoms with Crippen molar-refractivity contribution in [3.05, 3.63) is 64.1 Å². The number of nitrogens with one attached hydrogen (secondary N) is 3. The van der Waals surface area contributed by atoms with Crippen LogP contribution in [0.3, 0.4) is 0 Å². The molecule has 3 rings (SSSR count). The SMILES string of the molecule is COc1ccc(NC(=O)Nc2nc(CCC(=O)Nc3cccc(Br)c3)cs2)cc1. The first-order valence-corrected chi connectivity index (χ1v) is 10.4. The van der Waals surface area contributed by atoms with Gasteiger partial charge in [-0.2, -0.15) is 0 Å². The van der Waals surface area contributed by atoms with E-state index >= 15 is 0 Å². The topological polar surface area (TPSA) is 92.3 Å². The first-order valence-electron chi connectivity index (χ1n) is 8.74. The summed E-state index contributed by atoms with van der Waals surface area (Å²) in [6.45, 7) is 0. The van der Waals surface area contributed by atoms with Crippen molar-refractivity contribution in [1.82, 2.24) is 4.98 Å². The maximum Gasteiger partial charge on any atom is 0.325 e. The molecule has 150 valence electrons. The van der Waals surface area contributed by atoms with Gasteiger partial charge < -0.3 is 15.4 Å². The summed E-state index contributed by atoms with van der Waals surface area (Å²) >= 11 is 4.68. The summed E-state index contributed by atoms with van der Waals surface area (Å²) in [6, 6.07) is 14.0. The summed E-state index contributed by atoms with van der Waals surface area (Å²) in [5.74, 6) is 0.618. The van der Waals surface area contributed by atoms with Crippen molar-refractivity contribution in [2.45, 2.75) is 12.8 Å². The minimum atomic E-state index is -0.386. The Bertz CT molecular complexity index is 991. The Morgan fingerprint density at radius 2 is 1.86 bits per heavy atom. The van der Waals surface area contributed by atoms with E-state index in [4.69, 9.17) is 4.74 Å². The van der Waals surface area contributed by atoms with E-state index in [0.717, 1.165) is 15.9 Å². The van der Waals surface area contributed by atoms with Gasteiger partial charge >= 0.3 is 6.03 Å². The molecule has 0 aliphatic rings. The third kappa shape index (κ3) is 6.58. The van der Waals surface area contributed by atoms with E-state index in [0.29, 0.717) is 29.4 Å². The standard InChI is InChI=1S/C20H19BrN4O3S/c1-28-17-8-5-14(6-9-17)23-19(27)25-20-24-16(12-29-20)7-10-18(26)22-15-4-2-3-13(21)11-15/h2-6,8-9,11-12H,7,10H2,1H3,(H,22,26)(H2,23,24,25,27). The first kappa shape index (κ1) is 20.8. The van der Waals surface area contributed by atoms with Gasteiger partial charge in [0.1, 0.15) is 5.75 Å². The van der Waals surface area contributed by atoms with Crippen LogP contribution in [0.25, 0.3) is 0 Å². The van der Waals surface area contributed by atoms with E-state index in [9.17, 15) is 9.59 Å². The Labute approximate surface area is 180 Å². The lowest BCUT2D eigenvalue weighted by molar-refractivity contribution is -0.116. The molecule has 3 amide bonds. The molecule has 1 aromatic heterocycles. The molecule has 9 heteroatoms. The number of hydrogen-bond acceptors (Lipinski definition) is 5. The van der Waals surface area contributed by atoms with Crippen LogP contribution in [0.5, 0.6) is 5.75 Å². The predicted molar refractivity (Wildman–Crippen MR) is 119 cm³/mol. The van der Waals surface area contributed by atoms with Crippen LogP contribution < -0.4 is 20.7 Å². The fourth-order valence-electron chi connectivity index (χ4n) is 2.44. The first-order chi connectivity index (χ1) is 14.0. The van der Waals surface area contributed by atoms with Gasteiger partial charge in [-0.05, 0) is 48.9 Å². The van der Waals surface area contributed by atoms with E-state index < -0.39 is 0 Å². The molecule has 0 bridgehead atoms. The molecule has 0 atom stereocenters. The van der Waals surface area contributed by atoms with Crippen LogP contribution in [0, 0.1) is 0 Å². The minimum absolute atomic E-state index is 0.0946. The van der Waals surface area contributed by atoms with Gasteiger partial charge in [0.2, 0.25) is 5.91 Å². The van der Waals surface area contributed by atoms with Gasteiger partial charge in [0.25, 0.3) is 0 Å². The second-order valence-electron chi connectivity index (χ2n) is 6.01. The number of aromatic nitrogens is 1. The Kier molecular flexibility index (Phi) is 7.20. The molecule has 3 aromatic rings. The van der Waals surface area contributed by atoms with E-state index in [-0.39, 0.29) is 11.9 Å². The Balaban J connectivity index is 1.46. The van der Waals surface area contributed by atoms with Crippen molar-refractivity contribution >= 4 is 55.7 Å². The van der Waals surface area contributed by atoms with Crippen LogP contribution in [-0.2, 0) is 11.2 Å². The fraction of sp³-hybridized carbons (Fsp3) is 0.150. The van der Waals surface area contributed by atoms with E-state index in [2.05, 4.69) is 36.9 Å². The monoisotopic (exact) mass is 474 g/mol. The minimum Gasteiger partial charge on any atom is -0.497 e. The molecule has 0 saturated heterocycles. The van der Waals surface area contributed by atoms with Gasteiger partial charge in [-0.3, -0.25) is 10.1 Å². The van der Waals surface area contributed by atoms with Gasteiger partial charge in [-0.15, -0.1) is 11.3 Å². The molecule has 0 spiro atoms. The number of anilines is 3. The lowest BCUT2D eigenvalue weighted by Crippen LogP contribution is -2.19. The van der Waals surface area contributed by atoms with Crippen molar-refractivity contribution in [3.63, 3.8) is 0 Å². The number of urea groups is 1. The number of ether oxygens (including phenoxy) is 1. The second-order valence-corrected chi connectivity index (χ2v) is 7.78. The zero-order valence-corrected chi connectivity index (χ0v) is 18.0. The lowest BCUT2D eigenvalue weighted by Gasteiger charge is -2.06. The summed E-state index contributed by atoms with van der Waals surface area (Å²) in [5, 5.41) is 10.6. The van der Waals surface area contributed by atoms with Gasteiger partial charge in [0.05, 0.1) is 12.8 Å². The molecule has 3 N–H and O–H groups in total. The van der Waals surface area contributed by atoms with Crippen LogP contribution >= 0.6 is 27.3 Å². The molecule has 0 fully saturated rings. The Hall–Kier alpha value is -2.91. The number of hydrogen-bond donors (Lipinski definition) is 3. The molecule has 1 heterocycles. The highest BCUT2D eigenvalue weighted by Crippen LogP contribution is 2.19. The maximum atomic E-state index is 12.1. The van der Waals surface area contributed by atoms with Crippen molar-refractivity contribution in [3.8, 4) is 5.75 Å². The third-order valence-corrected chi connectivity index (χ3v) is 5.14. The summed E-state index contributed by atoms with van der Waals surface area (Å²) in [7, 11) is 1.58. The van der Waals surface area contributed by atoms with E-state index in [1.54, 1.807) is 31.4 Å². The molecule has 0 saturated carbocycles. The fourth-order valence-corrected chi connectivity index (χ4v) is 3.58. The quantitative estimate of drug-likeness (QED) is 0.442. The summed E-state index contributed by atoms with van der Waals surface area (Å²) in [5.41, 5.74) is 2.13. The molecule has 0 radical (unpaired) electrons. The normalized spacial score (nSPS) is 10.3. The van der Waals surface area contributed by atoms with Gasteiger partial charge in [0.15, 0.2) is 5.13 Å². The van der Waals surface area contributed by atoms with Crippen LogP contribution in [0.15, 0.2) is 58.4 Å². The average molecular weight is 475 g/mol. The van der Waals surface area contributed by atoms with Crippen molar-refractivity contribution in [2.75, 3.05) is 23.1 Å². The number of benzene rings is 2. The highest BCUT2D eigenvalue weighted by atomic mass is 79.9. The number of thiazole rings is 1. The molecular formula is C20H19BrN4O3S. The molecule has 0 aliphatic carbocycles. The smallest absolute Gasteiger partial charge is 0.325 e. The highest BCUT2D eigenvalue weighted by molar-refractivity contribution is 9.10. The van der Waals surface area contributed by atoms with Crippen LogP contribution in [0.2, 0.25) is 0 Å². The highest BCUT2D eigenvalue weighted by Gasteiger charge is 2.09. The molecular weight excluding hydrogens is 456 g/mol. The summed E-state index contributed by atoms with van der Waals surface area (Å²) in [4.78, 5) is 28.5. The van der Waals surface area contributed by atoms with Crippen LogP contribution in [0.4, 0.5) is 21.3 Å². The average Bonchev–Trinajstić information content (AvgIpc) is 3.14. The van der Waals surface area contributed by atoms with E-state index in [1.165, 1.54) is 11.3 Å². The number of carbonyl (C=O) groups is 2. The van der Waals surface area contributed by atoms with Crippen molar-refractivity contribution in [1.29, 1.82) is 0 Å². The number of nitrogens with zero attached hydrogens (tertiary/aromatic N) is 1. The summed E-state index contributed by atoms with van der Waals surface area (Å²) in [6.07, 6.45) is 0.784. The largest absolute Gasteiger partial charge is 0.497 e. The zero-order chi connectivity index (χ0) is 20.6. The van der Waals surface area contributed by atoms with Crippen LogP contribution in [-0.4, -0.2) is 24.0 Å². The van der Waals surface area contributed by atoms with Crippen molar-refractivity contribution < 1.29 is 14.3 Å². The maximum absolute atomic E-state index is 12.1. The predicted octanol–water partition coefficient (Wildman–Crippen LogP) is 5.13. The Morgan fingerprint density at radius 3 is 2.59 bits per heavy atom. The number of aryl methyl sites for hydroxylation is 1. The number of amides is 3. The lowest BCUT2D eigenvalue weighted by atomic mass is 10.2. The number of rotatable bonds is 7. The second kappa shape index (κ2) is 10.0. The number of halogens is 1. The van der Waals surface area contributed by atoms with Gasteiger partial charge in [0, 0.05) is 27.6 Å². The molecule has 0 unspecified atom stereocenters. The number of carbonyl (C=O) groups excluding carboxylic acids is 2. The van der Waals surface area contributed by atoms with E-state index in [1.807, 2.05) is 29.6 Å². The molecule has 2 aromatic carbocycles. The Morgan fingerprint density at radius 1 is 1.07 bits per heavy atom. The number of methoxy groups -OCH3 is 1. The third-order valence-electron chi connectivity index (χ3n) is 3.84. The van der Waals surface area contributed by atoms with Crippen molar-refractivity contribution in [2.24, 2.45) is 0 Å². The zero-order valence-electron chi connectivity index (χ0n) is 15.6. The molecule has 0 aliphatic heterocycles. The molecule has 29 heavy (non-hydrogen) atoms. The van der Waals surface area contributed by atoms with Gasteiger partial charge in [-0.1, -0.05) is 22.0 Å². The molecule has 7 nitrogen and oxygen atoms in total.